The summed E-state index contributed by atoms with van der Waals surface area (Å²) in [6, 6.07) is 8.48. The molecule has 0 aliphatic heterocycles. The highest BCUT2D eigenvalue weighted by Gasteiger charge is 2.17. The standard InChI is InChI=1S/C23H31N7O4S2/c1-6-34-21(31)20-15(2)26-23(35-20)29-22-27-18(24-11-12-30(3)4)13-19(28-22)25-14-16-7-9-17(10-8-16)36(5,32)33/h7-10,13H,6,11-12,14H2,1-5H3,(H3,24,25,26,27,28,29). The Kier molecular flexibility index (Phi) is 9.18. The summed E-state index contributed by atoms with van der Waals surface area (Å²) in [5.41, 5.74) is 1.46. The number of carbonyl (C=O) groups is 1. The van der Waals surface area contributed by atoms with Crippen molar-refractivity contribution < 1.29 is 17.9 Å². The minimum Gasteiger partial charge on any atom is -0.462 e. The fraction of sp³-hybridized carbons (Fsp3) is 0.391. The Morgan fingerprint density at radius 1 is 1.08 bits per heavy atom. The van der Waals surface area contributed by atoms with Crippen LogP contribution in [-0.4, -0.2) is 74.3 Å². The number of esters is 1. The number of rotatable bonds is 12. The van der Waals surface area contributed by atoms with Crippen LogP contribution in [0.4, 0.5) is 22.7 Å². The second-order valence-corrected chi connectivity index (χ2v) is 11.3. The number of ether oxygens (including phenoxy) is 1. The van der Waals surface area contributed by atoms with Crippen LogP contribution in [0.2, 0.25) is 0 Å². The molecule has 1 aromatic carbocycles. The van der Waals surface area contributed by atoms with Crippen molar-refractivity contribution in [2.75, 3.05) is 56.0 Å². The number of likely N-dealkylation sites (N-methyl/N-ethyl adjacent to an activating group) is 1. The highest BCUT2D eigenvalue weighted by Crippen LogP contribution is 2.26. The smallest absolute Gasteiger partial charge is 0.350 e. The predicted octanol–water partition coefficient (Wildman–Crippen LogP) is 3.15. The van der Waals surface area contributed by atoms with Crippen LogP contribution in [0.3, 0.4) is 0 Å². The average molecular weight is 534 g/mol. The zero-order chi connectivity index (χ0) is 26.3. The molecule has 0 atom stereocenters. The fourth-order valence-electron chi connectivity index (χ4n) is 3.07. The van der Waals surface area contributed by atoms with E-state index >= 15 is 0 Å². The number of aromatic nitrogens is 3. The molecule has 0 aliphatic rings. The zero-order valence-electron chi connectivity index (χ0n) is 21.0. The van der Waals surface area contributed by atoms with Crippen molar-refractivity contribution in [2.45, 2.75) is 25.3 Å². The third kappa shape index (κ3) is 7.86. The van der Waals surface area contributed by atoms with Gasteiger partial charge in [0.1, 0.15) is 16.5 Å². The summed E-state index contributed by atoms with van der Waals surface area (Å²) < 4.78 is 28.5. The predicted molar refractivity (Wildman–Crippen MR) is 142 cm³/mol. The first-order valence-corrected chi connectivity index (χ1v) is 14.0. The first kappa shape index (κ1) is 27.3. The van der Waals surface area contributed by atoms with Crippen LogP contribution in [0.5, 0.6) is 0 Å². The Balaban J connectivity index is 1.79. The van der Waals surface area contributed by atoms with Crippen LogP contribution in [0.1, 0.15) is 27.9 Å². The quantitative estimate of drug-likeness (QED) is 0.296. The normalized spacial score (nSPS) is 11.4. The number of anilines is 4. The first-order chi connectivity index (χ1) is 17.0. The van der Waals surface area contributed by atoms with Gasteiger partial charge >= 0.3 is 5.97 Å². The largest absolute Gasteiger partial charge is 0.462 e. The van der Waals surface area contributed by atoms with Gasteiger partial charge in [0.2, 0.25) is 5.95 Å². The second kappa shape index (κ2) is 12.1. The zero-order valence-corrected chi connectivity index (χ0v) is 22.6. The van der Waals surface area contributed by atoms with Crippen molar-refractivity contribution in [3.8, 4) is 0 Å². The van der Waals surface area contributed by atoms with Crippen molar-refractivity contribution in [3.05, 3.63) is 46.5 Å². The topological polar surface area (TPSA) is 138 Å². The first-order valence-electron chi connectivity index (χ1n) is 11.3. The van der Waals surface area contributed by atoms with E-state index in [1.807, 2.05) is 14.1 Å². The maximum atomic E-state index is 12.1. The highest BCUT2D eigenvalue weighted by molar-refractivity contribution is 7.90. The lowest BCUT2D eigenvalue weighted by Gasteiger charge is -2.13. The lowest BCUT2D eigenvalue weighted by atomic mass is 10.2. The van der Waals surface area contributed by atoms with E-state index in [1.54, 1.807) is 44.2 Å². The fourth-order valence-corrected chi connectivity index (χ4v) is 4.55. The SMILES string of the molecule is CCOC(=O)c1sc(Nc2nc(NCCN(C)C)cc(NCc3ccc(S(C)(=O)=O)cc3)n2)nc1C. The number of hydrogen-bond donors (Lipinski definition) is 3. The molecule has 3 aromatic rings. The van der Waals surface area contributed by atoms with E-state index in [4.69, 9.17) is 4.74 Å². The number of hydrogen-bond acceptors (Lipinski definition) is 12. The Bertz CT molecular complexity index is 1290. The molecule has 3 N–H and O–H groups in total. The van der Waals surface area contributed by atoms with Gasteiger partial charge in [0.05, 0.1) is 17.2 Å². The van der Waals surface area contributed by atoms with Crippen molar-refractivity contribution in [2.24, 2.45) is 0 Å². The third-order valence-corrected chi connectivity index (χ3v) is 7.07. The third-order valence-electron chi connectivity index (χ3n) is 4.89. The van der Waals surface area contributed by atoms with Gasteiger partial charge in [0.25, 0.3) is 0 Å². The Morgan fingerprint density at radius 3 is 2.36 bits per heavy atom. The van der Waals surface area contributed by atoms with Gasteiger partial charge in [-0.15, -0.1) is 0 Å². The minimum atomic E-state index is -3.25. The molecule has 0 spiro atoms. The van der Waals surface area contributed by atoms with Crippen LogP contribution in [-0.2, 0) is 21.1 Å². The molecule has 2 heterocycles. The molecule has 0 fully saturated rings. The van der Waals surface area contributed by atoms with Crippen LogP contribution < -0.4 is 16.0 Å². The molecule has 0 amide bonds. The summed E-state index contributed by atoms with van der Waals surface area (Å²) in [7, 11) is 0.730. The van der Waals surface area contributed by atoms with E-state index in [9.17, 15) is 13.2 Å². The van der Waals surface area contributed by atoms with Crippen LogP contribution in [0.15, 0.2) is 35.2 Å². The Labute approximate surface area is 215 Å². The number of sulfone groups is 1. The van der Waals surface area contributed by atoms with Crippen LogP contribution in [0, 0.1) is 6.92 Å². The number of nitrogens with one attached hydrogen (secondary N) is 3. The summed E-state index contributed by atoms with van der Waals surface area (Å²) in [5.74, 6) is 1.07. The lowest BCUT2D eigenvalue weighted by Crippen LogP contribution is -2.21. The summed E-state index contributed by atoms with van der Waals surface area (Å²) in [6.45, 7) is 5.71. The van der Waals surface area contributed by atoms with Crippen molar-refractivity contribution >= 4 is 49.9 Å². The number of carbonyl (C=O) groups excluding carboxylic acids is 1. The van der Waals surface area contributed by atoms with Gasteiger partial charge in [-0.1, -0.05) is 23.5 Å². The molecular weight excluding hydrogens is 502 g/mol. The molecule has 0 bridgehead atoms. The maximum absolute atomic E-state index is 12.1. The van der Waals surface area contributed by atoms with Crippen molar-refractivity contribution in [1.82, 2.24) is 19.9 Å². The molecule has 3 rings (SSSR count). The number of thiazole rings is 1. The number of nitrogens with zero attached hydrogens (tertiary/aromatic N) is 4. The molecule has 36 heavy (non-hydrogen) atoms. The summed E-state index contributed by atoms with van der Waals surface area (Å²) in [4.78, 5) is 28.4. The summed E-state index contributed by atoms with van der Waals surface area (Å²) >= 11 is 1.18. The minimum absolute atomic E-state index is 0.271. The molecule has 0 unspecified atom stereocenters. The second-order valence-electron chi connectivity index (χ2n) is 8.24. The van der Waals surface area contributed by atoms with Crippen molar-refractivity contribution in [1.29, 1.82) is 0 Å². The number of aryl methyl sites for hydroxylation is 1. The van der Waals surface area contributed by atoms with Gasteiger partial charge in [-0.3, -0.25) is 5.32 Å². The highest BCUT2D eigenvalue weighted by atomic mass is 32.2. The van der Waals surface area contributed by atoms with Gasteiger partial charge in [-0.2, -0.15) is 9.97 Å². The molecule has 0 radical (unpaired) electrons. The molecule has 194 valence electrons. The monoisotopic (exact) mass is 533 g/mol. The molecule has 13 heteroatoms. The van der Waals surface area contributed by atoms with E-state index in [2.05, 4.69) is 35.8 Å². The van der Waals surface area contributed by atoms with Crippen LogP contribution in [0.25, 0.3) is 0 Å². The summed E-state index contributed by atoms with van der Waals surface area (Å²) in [6.07, 6.45) is 1.18. The van der Waals surface area contributed by atoms with Crippen LogP contribution >= 0.6 is 11.3 Å². The lowest BCUT2D eigenvalue weighted by molar-refractivity contribution is 0.0531. The van der Waals surface area contributed by atoms with E-state index < -0.39 is 15.8 Å². The Morgan fingerprint density at radius 2 is 1.75 bits per heavy atom. The van der Waals surface area contributed by atoms with Crippen molar-refractivity contribution in [3.63, 3.8) is 0 Å². The van der Waals surface area contributed by atoms with Gasteiger partial charge in [0, 0.05) is 32.0 Å². The van der Waals surface area contributed by atoms with E-state index in [1.165, 1.54) is 17.6 Å². The molecular formula is C23H31N7O4S2. The van der Waals surface area contributed by atoms with E-state index in [-0.39, 0.29) is 11.5 Å². The van der Waals surface area contributed by atoms with Gasteiger partial charge in [-0.05, 0) is 45.6 Å². The Hall–Kier alpha value is -3.29. The van der Waals surface area contributed by atoms with E-state index in [0.29, 0.717) is 46.4 Å². The molecule has 0 saturated carbocycles. The molecule has 11 nitrogen and oxygen atoms in total. The summed E-state index contributed by atoms with van der Waals surface area (Å²) in [5, 5.41) is 10.1. The van der Waals surface area contributed by atoms with E-state index in [0.717, 1.165) is 12.1 Å². The average Bonchev–Trinajstić information content (AvgIpc) is 3.17. The molecule has 0 aliphatic carbocycles. The molecule has 2 aromatic heterocycles. The van der Waals surface area contributed by atoms with Gasteiger partial charge in [-0.25, -0.2) is 18.2 Å². The van der Waals surface area contributed by atoms with Gasteiger partial charge < -0.3 is 20.3 Å². The molecule has 0 saturated heterocycles. The number of benzene rings is 1. The van der Waals surface area contributed by atoms with Gasteiger partial charge in [0.15, 0.2) is 15.0 Å². The maximum Gasteiger partial charge on any atom is 0.350 e.